The highest BCUT2D eigenvalue weighted by Gasteiger charge is 2.64. The molecule has 2 aromatic rings. The molecule has 2 aliphatic heterocycles. The van der Waals surface area contributed by atoms with Crippen molar-refractivity contribution >= 4 is 29.3 Å². The van der Waals surface area contributed by atoms with E-state index < -0.39 is 11.3 Å². The first-order chi connectivity index (χ1) is 22.4. The summed E-state index contributed by atoms with van der Waals surface area (Å²) in [6.07, 6.45) is 0.0657. The fourth-order valence-corrected chi connectivity index (χ4v) is 7.99. The second-order valence-electron chi connectivity index (χ2n) is 15.7. The van der Waals surface area contributed by atoms with Gasteiger partial charge in [0.25, 0.3) is 5.91 Å². The van der Waals surface area contributed by atoms with Crippen molar-refractivity contribution in [1.82, 2.24) is 15.1 Å². The van der Waals surface area contributed by atoms with Gasteiger partial charge in [0.15, 0.2) is 0 Å². The van der Waals surface area contributed by atoms with Crippen LogP contribution in [0.2, 0.25) is 5.02 Å². The van der Waals surface area contributed by atoms with Crippen LogP contribution in [0.3, 0.4) is 0 Å². The highest BCUT2D eigenvalue weighted by atomic mass is 35.5. The molecule has 2 saturated heterocycles. The van der Waals surface area contributed by atoms with Crippen LogP contribution < -0.4 is 15.0 Å². The van der Waals surface area contributed by atoms with Crippen molar-refractivity contribution in [3.8, 4) is 11.8 Å². The number of ether oxygens (including phenoxy) is 2. The fourth-order valence-electron chi connectivity index (χ4n) is 7.77. The Labute approximate surface area is 289 Å². The smallest absolute Gasteiger partial charge is 0.410 e. The number of likely N-dealkylation sites (tertiary alicyclic amines) is 1. The Morgan fingerprint density at radius 1 is 0.979 bits per heavy atom. The Bertz CT molecular complexity index is 1520. The molecule has 3 aliphatic rings. The van der Waals surface area contributed by atoms with Gasteiger partial charge in [-0.1, -0.05) is 39.3 Å². The minimum atomic E-state index is -1.32. The van der Waals surface area contributed by atoms with Crippen LogP contribution in [-0.4, -0.2) is 91.0 Å². The third-order valence-electron chi connectivity index (χ3n) is 10.1. The number of halogens is 2. The van der Waals surface area contributed by atoms with Crippen molar-refractivity contribution in [1.29, 1.82) is 5.26 Å². The Morgan fingerprint density at radius 3 is 2.12 bits per heavy atom. The Hall–Kier alpha value is -3.55. The van der Waals surface area contributed by atoms with Crippen molar-refractivity contribution in [2.45, 2.75) is 84.7 Å². The second-order valence-corrected chi connectivity index (χ2v) is 16.1. The number of nitrogens with zero attached hydrogens (tertiary/aromatic N) is 4. The van der Waals surface area contributed by atoms with Gasteiger partial charge in [0.05, 0.1) is 10.6 Å². The quantitative estimate of drug-likeness (QED) is 0.348. The summed E-state index contributed by atoms with van der Waals surface area (Å²) in [7, 11) is 0. The van der Waals surface area contributed by atoms with E-state index in [-0.39, 0.29) is 35.0 Å². The molecule has 260 valence electrons. The standard InChI is InChI=1S/C37H49ClFN5O4/c1-34(2,3)48-33(46)44-16-14-37(39,15-17-44)24-42-18-20-43(21-19-42)27-11-8-25(9-12-27)30(45)41-31-35(4,5)32(36(31,6)7)47-28-13-10-26(23-40)29(38)22-28/h8-13,22,31-32H,14-21,24H2,1-7H3,(H,41,45). The van der Waals surface area contributed by atoms with Crippen LogP contribution in [0.15, 0.2) is 42.5 Å². The average Bonchev–Trinajstić information content (AvgIpc) is 3.02. The predicted molar refractivity (Wildman–Crippen MR) is 185 cm³/mol. The van der Waals surface area contributed by atoms with Crippen LogP contribution in [0.25, 0.3) is 0 Å². The first kappa shape index (κ1) is 35.7. The van der Waals surface area contributed by atoms with E-state index in [0.717, 1.165) is 31.9 Å². The molecule has 48 heavy (non-hydrogen) atoms. The van der Waals surface area contributed by atoms with Crippen molar-refractivity contribution < 1.29 is 23.5 Å². The van der Waals surface area contributed by atoms with Crippen LogP contribution in [-0.2, 0) is 4.74 Å². The molecule has 0 atom stereocenters. The number of rotatable bonds is 7. The van der Waals surface area contributed by atoms with E-state index in [2.05, 4.69) is 48.9 Å². The molecule has 1 saturated carbocycles. The third kappa shape index (κ3) is 7.68. The molecule has 5 rings (SSSR count). The van der Waals surface area contributed by atoms with Crippen LogP contribution >= 0.6 is 11.6 Å². The Kier molecular flexibility index (Phi) is 9.98. The maximum absolute atomic E-state index is 15.8. The number of benzene rings is 2. The maximum Gasteiger partial charge on any atom is 0.410 e. The molecule has 1 N–H and O–H groups in total. The van der Waals surface area contributed by atoms with Crippen LogP contribution in [0.4, 0.5) is 14.9 Å². The Morgan fingerprint density at radius 2 is 1.58 bits per heavy atom. The molecular formula is C37H49ClFN5O4. The molecule has 2 heterocycles. The number of amides is 2. The molecule has 0 bridgehead atoms. The zero-order valence-corrected chi connectivity index (χ0v) is 30.0. The van der Waals surface area contributed by atoms with Gasteiger partial charge in [-0.05, 0) is 57.2 Å². The number of hydrogen-bond donors (Lipinski definition) is 1. The first-order valence-corrected chi connectivity index (χ1v) is 17.2. The average molecular weight is 682 g/mol. The number of carbonyl (C=O) groups excluding carboxylic acids is 2. The number of nitriles is 1. The normalized spacial score (nSPS) is 23.4. The van der Waals surface area contributed by atoms with Crippen LogP contribution in [0, 0.1) is 22.2 Å². The zero-order valence-electron chi connectivity index (χ0n) is 29.2. The number of piperazine rings is 1. The summed E-state index contributed by atoms with van der Waals surface area (Å²) in [6, 6.07) is 14.7. The number of nitrogens with one attached hydrogen (secondary N) is 1. The van der Waals surface area contributed by atoms with Gasteiger partial charge in [0.2, 0.25) is 0 Å². The minimum Gasteiger partial charge on any atom is -0.489 e. The molecule has 0 spiro atoms. The van der Waals surface area contributed by atoms with Crippen molar-refractivity contribution in [3.63, 3.8) is 0 Å². The predicted octanol–water partition coefficient (Wildman–Crippen LogP) is 6.68. The maximum atomic E-state index is 15.8. The van der Waals surface area contributed by atoms with Crippen molar-refractivity contribution in [2.75, 3.05) is 50.7 Å². The first-order valence-electron chi connectivity index (χ1n) is 16.8. The van der Waals surface area contributed by atoms with Gasteiger partial charge in [-0.25, -0.2) is 9.18 Å². The largest absolute Gasteiger partial charge is 0.489 e. The van der Waals surface area contributed by atoms with E-state index in [9.17, 15) is 14.9 Å². The molecule has 1 aliphatic carbocycles. The van der Waals surface area contributed by atoms with Crippen LogP contribution in [0.1, 0.15) is 77.2 Å². The molecule has 0 aromatic heterocycles. The molecule has 11 heteroatoms. The molecule has 0 unspecified atom stereocenters. The van der Waals surface area contributed by atoms with Crippen LogP contribution in [0.5, 0.6) is 5.75 Å². The van der Waals surface area contributed by atoms with Gasteiger partial charge < -0.3 is 24.6 Å². The van der Waals surface area contributed by atoms with E-state index in [0.29, 0.717) is 54.4 Å². The lowest BCUT2D eigenvalue weighted by Gasteiger charge is -2.63. The van der Waals surface area contributed by atoms with Gasteiger partial charge in [0, 0.05) is 92.8 Å². The van der Waals surface area contributed by atoms with Gasteiger partial charge in [-0.2, -0.15) is 5.26 Å². The monoisotopic (exact) mass is 681 g/mol. The topological polar surface area (TPSA) is 98.1 Å². The van der Waals surface area contributed by atoms with Gasteiger partial charge in [-0.15, -0.1) is 0 Å². The fraction of sp³-hybridized carbons (Fsp3) is 0.595. The number of alkyl halides is 1. The molecule has 2 aromatic carbocycles. The van der Waals surface area contributed by atoms with Gasteiger partial charge in [0.1, 0.15) is 29.2 Å². The lowest BCUT2D eigenvalue weighted by molar-refractivity contribution is -0.164. The lowest BCUT2D eigenvalue weighted by atomic mass is 9.49. The van der Waals surface area contributed by atoms with E-state index in [4.69, 9.17) is 21.1 Å². The lowest BCUT2D eigenvalue weighted by Crippen LogP contribution is -2.74. The zero-order chi connectivity index (χ0) is 35.1. The summed E-state index contributed by atoms with van der Waals surface area (Å²) in [4.78, 5) is 31.8. The summed E-state index contributed by atoms with van der Waals surface area (Å²) >= 11 is 6.22. The molecule has 3 fully saturated rings. The highest BCUT2D eigenvalue weighted by Crippen LogP contribution is 2.55. The van der Waals surface area contributed by atoms with Gasteiger partial charge in [-0.3, -0.25) is 9.69 Å². The number of carbonyl (C=O) groups is 2. The third-order valence-corrected chi connectivity index (χ3v) is 10.4. The summed E-state index contributed by atoms with van der Waals surface area (Å²) in [5.74, 6) is 0.458. The summed E-state index contributed by atoms with van der Waals surface area (Å²) in [5.41, 5.74) is -0.574. The number of hydrogen-bond acceptors (Lipinski definition) is 7. The van der Waals surface area contributed by atoms with E-state index in [1.54, 1.807) is 23.1 Å². The molecule has 0 radical (unpaired) electrons. The van der Waals surface area contributed by atoms with E-state index in [1.165, 1.54) is 0 Å². The van der Waals surface area contributed by atoms with E-state index >= 15 is 4.39 Å². The summed E-state index contributed by atoms with van der Waals surface area (Å²) in [6.45, 7) is 17.9. The molecule has 2 amide bonds. The molecular weight excluding hydrogens is 633 g/mol. The highest BCUT2D eigenvalue weighted by molar-refractivity contribution is 6.31. The second kappa shape index (κ2) is 13.4. The summed E-state index contributed by atoms with van der Waals surface area (Å²) in [5, 5.41) is 12.8. The number of piperidine rings is 1. The summed E-state index contributed by atoms with van der Waals surface area (Å²) < 4.78 is 27.6. The molecule has 9 nitrogen and oxygen atoms in total. The SMILES string of the molecule is CC(C)(C)OC(=O)N1CCC(F)(CN2CCN(c3ccc(C(=O)NC4C(C)(C)C(Oc5ccc(C#N)c(Cl)c5)C4(C)C)cc3)CC2)CC1. The minimum absolute atomic E-state index is 0.132. The Balaban J connectivity index is 1.10. The van der Waals surface area contributed by atoms with E-state index in [1.807, 2.05) is 45.0 Å². The van der Waals surface area contributed by atoms with Crippen molar-refractivity contribution in [3.05, 3.63) is 58.6 Å². The number of anilines is 1. The van der Waals surface area contributed by atoms with Crippen molar-refractivity contribution in [2.24, 2.45) is 10.8 Å². The van der Waals surface area contributed by atoms with Gasteiger partial charge >= 0.3 is 6.09 Å².